The first-order valence-corrected chi connectivity index (χ1v) is 6.77. The molecule has 0 fully saturated rings. The van der Waals surface area contributed by atoms with Crippen LogP contribution in [-0.2, 0) is 4.79 Å². The van der Waals surface area contributed by atoms with Crippen molar-refractivity contribution in [3.63, 3.8) is 0 Å². The Morgan fingerprint density at radius 1 is 1.35 bits per heavy atom. The number of carboxylic acid groups (broad SMARTS) is 1. The van der Waals surface area contributed by atoms with E-state index in [0.717, 1.165) is 11.3 Å². The summed E-state index contributed by atoms with van der Waals surface area (Å²) >= 11 is 0. The topological polar surface area (TPSA) is 49.8 Å². The van der Waals surface area contributed by atoms with Crippen LogP contribution in [0.2, 0.25) is 0 Å². The average molecular weight is 277 g/mol. The molecule has 0 aliphatic heterocycles. The Kier molecular flexibility index (Phi) is 6.25. The second-order valence-electron chi connectivity index (χ2n) is 5.02. The summed E-state index contributed by atoms with van der Waals surface area (Å²) in [6.07, 6.45) is 1.86. The minimum absolute atomic E-state index is 0.00255. The number of ether oxygens (including phenoxy) is 1. The van der Waals surface area contributed by atoms with Crippen molar-refractivity contribution in [1.29, 1.82) is 0 Å². The highest BCUT2D eigenvalue weighted by Crippen LogP contribution is 2.23. The van der Waals surface area contributed by atoms with Crippen LogP contribution in [-0.4, -0.2) is 35.2 Å². The van der Waals surface area contributed by atoms with Crippen LogP contribution in [0.5, 0.6) is 5.75 Å². The second kappa shape index (κ2) is 7.70. The van der Waals surface area contributed by atoms with Crippen LogP contribution in [0.25, 0.3) is 0 Å². The summed E-state index contributed by atoms with van der Waals surface area (Å²) in [5, 5.41) is 8.95. The summed E-state index contributed by atoms with van der Waals surface area (Å²) in [5.41, 5.74) is 1.06. The van der Waals surface area contributed by atoms with Crippen LogP contribution < -0.4 is 4.74 Å². The Hall–Kier alpha value is -1.81. The van der Waals surface area contributed by atoms with Gasteiger partial charge < -0.3 is 9.84 Å². The fraction of sp³-hybridized carbons (Fsp3) is 0.438. The molecule has 110 valence electrons. The van der Waals surface area contributed by atoms with Crippen LogP contribution in [0.15, 0.2) is 36.9 Å². The number of hydrogen-bond acceptors (Lipinski definition) is 3. The van der Waals surface area contributed by atoms with Gasteiger partial charge >= 0.3 is 5.97 Å². The zero-order valence-electron chi connectivity index (χ0n) is 12.4. The van der Waals surface area contributed by atoms with Gasteiger partial charge in [0.2, 0.25) is 0 Å². The number of aliphatic carboxylic acids is 1. The Labute approximate surface area is 120 Å². The maximum Gasteiger partial charge on any atom is 0.317 e. The summed E-state index contributed by atoms with van der Waals surface area (Å²) in [6, 6.07) is 7.79. The molecule has 0 spiro atoms. The lowest BCUT2D eigenvalue weighted by Gasteiger charge is -2.26. The number of nitrogens with zero attached hydrogens (tertiary/aromatic N) is 1. The predicted octanol–water partition coefficient (Wildman–Crippen LogP) is 3.11. The van der Waals surface area contributed by atoms with E-state index in [1.165, 1.54) is 0 Å². The quantitative estimate of drug-likeness (QED) is 0.742. The summed E-state index contributed by atoms with van der Waals surface area (Å²) in [6.45, 7) is 10.2. The first kappa shape index (κ1) is 16.2. The van der Waals surface area contributed by atoms with Crippen molar-refractivity contribution >= 4 is 5.97 Å². The van der Waals surface area contributed by atoms with Crippen molar-refractivity contribution in [2.45, 2.75) is 32.9 Å². The highest BCUT2D eigenvalue weighted by atomic mass is 16.5. The van der Waals surface area contributed by atoms with E-state index >= 15 is 0 Å². The minimum Gasteiger partial charge on any atom is -0.491 e. The molecule has 0 saturated heterocycles. The third kappa shape index (κ3) is 5.05. The number of carboxylic acids is 1. The molecule has 1 rings (SSSR count). The summed E-state index contributed by atoms with van der Waals surface area (Å²) in [7, 11) is 0. The lowest BCUT2D eigenvalue weighted by atomic mass is 10.1. The molecule has 1 unspecified atom stereocenters. The number of hydrogen-bond donors (Lipinski definition) is 1. The molecule has 0 aliphatic carbocycles. The van der Waals surface area contributed by atoms with Crippen LogP contribution in [0.4, 0.5) is 0 Å². The average Bonchev–Trinajstić information content (AvgIpc) is 2.37. The van der Waals surface area contributed by atoms with Crippen LogP contribution in [0.3, 0.4) is 0 Å². The van der Waals surface area contributed by atoms with Crippen molar-refractivity contribution in [2.24, 2.45) is 0 Å². The molecule has 0 heterocycles. The fourth-order valence-corrected chi connectivity index (χ4v) is 2.01. The Morgan fingerprint density at radius 3 is 2.40 bits per heavy atom. The minimum atomic E-state index is -0.835. The standard InChI is InChI=1S/C16H23NO3/c1-5-10-17(11-16(18)19)13(4)14-6-8-15(9-7-14)20-12(2)3/h5-9,12-13H,1,10-11H2,2-4H3,(H,18,19). The van der Waals surface area contributed by atoms with Gasteiger partial charge in [0.05, 0.1) is 12.6 Å². The van der Waals surface area contributed by atoms with Crippen LogP contribution >= 0.6 is 0 Å². The largest absolute Gasteiger partial charge is 0.491 e. The van der Waals surface area contributed by atoms with Gasteiger partial charge in [-0.05, 0) is 38.5 Å². The van der Waals surface area contributed by atoms with Gasteiger partial charge in [0, 0.05) is 12.6 Å². The van der Waals surface area contributed by atoms with Crippen molar-refractivity contribution in [3.05, 3.63) is 42.5 Å². The van der Waals surface area contributed by atoms with E-state index in [9.17, 15) is 4.79 Å². The van der Waals surface area contributed by atoms with Gasteiger partial charge in [-0.15, -0.1) is 6.58 Å². The maximum absolute atomic E-state index is 10.9. The number of rotatable bonds is 8. The van der Waals surface area contributed by atoms with E-state index < -0.39 is 5.97 Å². The zero-order chi connectivity index (χ0) is 15.1. The third-order valence-corrected chi connectivity index (χ3v) is 2.98. The van der Waals surface area contributed by atoms with E-state index in [1.807, 2.05) is 49.9 Å². The Balaban J connectivity index is 2.80. The van der Waals surface area contributed by atoms with Crippen LogP contribution in [0, 0.1) is 0 Å². The highest BCUT2D eigenvalue weighted by Gasteiger charge is 2.17. The molecule has 0 bridgehead atoms. The van der Waals surface area contributed by atoms with E-state index in [4.69, 9.17) is 9.84 Å². The Morgan fingerprint density at radius 2 is 1.95 bits per heavy atom. The molecular formula is C16H23NO3. The van der Waals surface area contributed by atoms with Gasteiger partial charge in [-0.3, -0.25) is 9.69 Å². The molecule has 1 aromatic rings. The van der Waals surface area contributed by atoms with E-state index in [2.05, 4.69) is 6.58 Å². The fourth-order valence-electron chi connectivity index (χ4n) is 2.01. The molecule has 0 aromatic heterocycles. The first-order chi connectivity index (χ1) is 9.43. The molecule has 1 atom stereocenters. The van der Waals surface area contributed by atoms with E-state index in [1.54, 1.807) is 6.08 Å². The monoisotopic (exact) mass is 277 g/mol. The van der Waals surface area contributed by atoms with Gasteiger partial charge in [0.15, 0.2) is 0 Å². The Bertz CT molecular complexity index is 440. The summed E-state index contributed by atoms with van der Waals surface area (Å²) in [4.78, 5) is 12.8. The normalized spacial score (nSPS) is 12.4. The van der Waals surface area contributed by atoms with Crippen molar-refractivity contribution in [1.82, 2.24) is 4.90 Å². The molecule has 1 N–H and O–H groups in total. The van der Waals surface area contributed by atoms with Gasteiger partial charge in [-0.25, -0.2) is 0 Å². The zero-order valence-corrected chi connectivity index (χ0v) is 12.4. The van der Waals surface area contributed by atoms with Crippen molar-refractivity contribution < 1.29 is 14.6 Å². The molecule has 0 amide bonds. The molecule has 4 heteroatoms. The molecule has 4 nitrogen and oxygen atoms in total. The third-order valence-electron chi connectivity index (χ3n) is 2.98. The van der Waals surface area contributed by atoms with Crippen molar-refractivity contribution in [3.8, 4) is 5.75 Å². The van der Waals surface area contributed by atoms with Gasteiger partial charge in [0.1, 0.15) is 5.75 Å². The SMILES string of the molecule is C=CCN(CC(=O)O)C(C)c1ccc(OC(C)C)cc1. The van der Waals surface area contributed by atoms with Gasteiger partial charge in [-0.1, -0.05) is 18.2 Å². The summed E-state index contributed by atoms with van der Waals surface area (Å²) < 4.78 is 5.60. The van der Waals surface area contributed by atoms with E-state index in [-0.39, 0.29) is 18.7 Å². The molecule has 0 radical (unpaired) electrons. The molecular weight excluding hydrogens is 254 g/mol. The number of carbonyl (C=O) groups is 1. The predicted molar refractivity (Wildman–Crippen MR) is 80.0 cm³/mol. The lowest BCUT2D eigenvalue weighted by molar-refractivity contribution is -0.138. The van der Waals surface area contributed by atoms with Crippen molar-refractivity contribution in [2.75, 3.05) is 13.1 Å². The maximum atomic E-state index is 10.9. The van der Waals surface area contributed by atoms with Crippen LogP contribution in [0.1, 0.15) is 32.4 Å². The second-order valence-corrected chi connectivity index (χ2v) is 5.02. The lowest BCUT2D eigenvalue weighted by Crippen LogP contribution is -2.32. The van der Waals surface area contributed by atoms with E-state index in [0.29, 0.717) is 6.54 Å². The smallest absolute Gasteiger partial charge is 0.317 e. The molecule has 0 aliphatic rings. The molecule has 1 aromatic carbocycles. The molecule has 20 heavy (non-hydrogen) atoms. The first-order valence-electron chi connectivity index (χ1n) is 6.77. The number of benzene rings is 1. The molecule has 0 saturated carbocycles. The van der Waals surface area contributed by atoms with Gasteiger partial charge in [-0.2, -0.15) is 0 Å². The summed E-state index contributed by atoms with van der Waals surface area (Å²) in [5.74, 6) is -0.0112. The highest BCUT2D eigenvalue weighted by molar-refractivity contribution is 5.69. The van der Waals surface area contributed by atoms with Gasteiger partial charge in [0.25, 0.3) is 0 Å².